The van der Waals surface area contributed by atoms with Gasteiger partial charge in [-0.25, -0.2) is 9.69 Å². The zero-order valence-electron chi connectivity index (χ0n) is 23.4. The van der Waals surface area contributed by atoms with Gasteiger partial charge in [-0.3, -0.25) is 19.2 Å². The number of carbonyl (C=O) groups is 5. The van der Waals surface area contributed by atoms with Crippen molar-refractivity contribution in [1.82, 2.24) is 4.90 Å². The number of unbranched alkanes of at least 4 members (excludes halogenated alkanes) is 7. The van der Waals surface area contributed by atoms with Crippen LogP contribution in [-0.4, -0.2) is 78.1 Å². The zero-order valence-corrected chi connectivity index (χ0v) is 23.4. The lowest BCUT2D eigenvalue weighted by Gasteiger charge is -2.27. The fourth-order valence-electron chi connectivity index (χ4n) is 4.53. The van der Waals surface area contributed by atoms with Crippen LogP contribution in [-0.2, 0) is 39.8 Å². The molecule has 1 aliphatic heterocycles. The average Bonchev–Trinajstić information content (AvgIpc) is 3.30. The van der Waals surface area contributed by atoms with Crippen LogP contribution in [0.5, 0.6) is 0 Å². The second kappa shape index (κ2) is 18.1. The number of esters is 1. The summed E-state index contributed by atoms with van der Waals surface area (Å²) in [5.41, 5.74) is 0.879. The van der Waals surface area contributed by atoms with Gasteiger partial charge in [0.15, 0.2) is 23.8 Å². The van der Waals surface area contributed by atoms with E-state index in [0.29, 0.717) is 12.8 Å². The van der Waals surface area contributed by atoms with E-state index in [4.69, 9.17) is 19.3 Å². The van der Waals surface area contributed by atoms with E-state index in [1.54, 1.807) is 0 Å². The van der Waals surface area contributed by atoms with Crippen molar-refractivity contribution in [3.8, 4) is 0 Å². The molecule has 1 N–H and O–H groups in total. The number of hydrogen-bond acceptors (Lipinski definition) is 9. The van der Waals surface area contributed by atoms with Crippen LogP contribution in [0, 0.1) is 0 Å². The molecule has 1 saturated heterocycles. The molecule has 1 aromatic carbocycles. The number of ketones is 2. The second-order valence-corrected chi connectivity index (χ2v) is 9.82. The molecule has 1 aliphatic rings. The molecule has 0 aromatic heterocycles. The first-order valence-corrected chi connectivity index (χ1v) is 13.9. The molecule has 3 atom stereocenters. The Morgan fingerprint density at radius 2 is 1.60 bits per heavy atom. The quantitative estimate of drug-likeness (QED) is 0.153. The maximum Gasteiger partial charge on any atom is 0.417 e. The molecule has 0 spiro atoms. The van der Waals surface area contributed by atoms with Gasteiger partial charge in [-0.05, 0) is 37.0 Å². The van der Waals surface area contributed by atoms with E-state index in [9.17, 15) is 24.0 Å². The van der Waals surface area contributed by atoms with Crippen LogP contribution < -0.4 is 0 Å². The molecule has 10 heteroatoms. The summed E-state index contributed by atoms with van der Waals surface area (Å²) in [6.07, 6.45) is 6.21. The number of methoxy groups -OCH3 is 1. The van der Waals surface area contributed by atoms with Gasteiger partial charge < -0.3 is 19.3 Å². The predicted molar refractivity (Wildman–Crippen MR) is 146 cm³/mol. The highest BCUT2D eigenvalue weighted by atomic mass is 16.6. The lowest BCUT2D eigenvalue weighted by Crippen LogP contribution is -2.53. The molecule has 0 saturated carbocycles. The van der Waals surface area contributed by atoms with Crippen molar-refractivity contribution in [2.45, 2.75) is 89.4 Å². The normalized spacial score (nSPS) is 16.5. The number of cyclic esters (lactones) is 1. The maximum atomic E-state index is 13.4. The van der Waals surface area contributed by atoms with E-state index >= 15 is 0 Å². The number of amides is 2. The van der Waals surface area contributed by atoms with E-state index in [-0.39, 0.29) is 25.4 Å². The van der Waals surface area contributed by atoms with Crippen molar-refractivity contribution in [3.63, 3.8) is 0 Å². The van der Waals surface area contributed by atoms with E-state index in [2.05, 4.69) is 0 Å². The number of carbonyl (C=O) groups excluding carboxylic acids is 5. The molecular formula is C30H41NO9. The summed E-state index contributed by atoms with van der Waals surface area (Å²) in [6, 6.07) is 8.60. The van der Waals surface area contributed by atoms with Crippen molar-refractivity contribution in [3.05, 3.63) is 48.0 Å². The Hall–Kier alpha value is -3.37. The first-order chi connectivity index (χ1) is 19.3. The SMILES string of the molecule is CO[C@H](C(=O)N1C(=O)OC[C@@H]1Cc1ccccc1)[C@H](OC(C)=O)C(=O)C=CC(=O)CCCCCCCCCCO. The number of aliphatic hydroxyl groups is 1. The van der Waals surface area contributed by atoms with E-state index in [1.807, 2.05) is 30.3 Å². The van der Waals surface area contributed by atoms with Crippen molar-refractivity contribution < 1.29 is 43.3 Å². The first kappa shape index (κ1) is 32.8. The molecule has 2 rings (SSSR count). The summed E-state index contributed by atoms with van der Waals surface area (Å²) in [5, 5.41) is 8.79. The number of nitrogens with zero attached hydrogens (tertiary/aromatic N) is 1. The molecule has 0 unspecified atom stereocenters. The van der Waals surface area contributed by atoms with Gasteiger partial charge in [0.1, 0.15) is 6.61 Å². The molecular weight excluding hydrogens is 518 g/mol. The highest BCUT2D eigenvalue weighted by Gasteiger charge is 2.45. The van der Waals surface area contributed by atoms with Crippen LogP contribution in [0.15, 0.2) is 42.5 Å². The van der Waals surface area contributed by atoms with Gasteiger partial charge in [-0.15, -0.1) is 0 Å². The minimum Gasteiger partial charge on any atom is -0.451 e. The highest BCUT2D eigenvalue weighted by Crippen LogP contribution is 2.21. The fourth-order valence-corrected chi connectivity index (χ4v) is 4.53. The number of hydrogen-bond donors (Lipinski definition) is 1. The van der Waals surface area contributed by atoms with Gasteiger partial charge in [0.2, 0.25) is 0 Å². The van der Waals surface area contributed by atoms with E-state index < -0.39 is 42.0 Å². The Morgan fingerprint density at radius 1 is 0.975 bits per heavy atom. The molecule has 1 fully saturated rings. The van der Waals surface area contributed by atoms with Gasteiger partial charge in [0.25, 0.3) is 5.91 Å². The van der Waals surface area contributed by atoms with Crippen LogP contribution in [0.25, 0.3) is 0 Å². The van der Waals surface area contributed by atoms with Gasteiger partial charge in [-0.1, -0.05) is 68.9 Å². The summed E-state index contributed by atoms with van der Waals surface area (Å²) in [4.78, 5) is 63.8. The third-order valence-corrected chi connectivity index (χ3v) is 6.62. The topological polar surface area (TPSA) is 137 Å². The predicted octanol–water partition coefficient (Wildman–Crippen LogP) is 3.72. The Kier molecular flexibility index (Phi) is 14.8. The largest absolute Gasteiger partial charge is 0.451 e. The van der Waals surface area contributed by atoms with Crippen molar-refractivity contribution in [2.24, 2.45) is 0 Å². The third kappa shape index (κ3) is 11.0. The summed E-state index contributed by atoms with van der Waals surface area (Å²) in [5.74, 6) is -2.77. The van der Waals surface area contributed by atoms with E-state index in [1.165, 1.54) is 7.11 Å². The lowest BCUT2D eigenvalue weighted by molar-refractivity contribution is -0.166. The van der Waals surface area contributed by atoms with Gasteiger partial charge in [0, 0.05) is 27.1 Å². The van der Waals surface area contributed by atoms with Crippen LogP contribution in [0.3, 0.4) is 0 Å². The molecule has 1 aromatic rings. The number of allylic oxidation sites excluding steroid dienone is 1. The summed E-state index contributed by atoms with van der Waals surface area (Å²) in [6.45, 7) is 1.28. The molecule has 0 bridgehead atoms. The van der Waals surface area contributed by atoms with Crippen LogP contribution in [0.2, 0.25) is 0 Å². The molecule has 2 amide bonds. The molecule has 10 nitrogen and oxygen atoms in total. The summed E-state index contributed by atoms with van der Waals surface area (Å²) >= 11 is 0. The van der Waals surface area contributed by atoms with E-state index in [0.717, 1.165) is 74.5 Å². The number of aliphatic hydroxyl groups excluding tert-OH is 1. The fraction of sp³-hybridized carbons (Fsp3) is 0.567. The van der Waals surface area contributed by atoms with Crippen molar-refractivity contribution in [2.75, 3.05) is 20.3 Å². The minimum absolute atomic E-state index is 0.0276. The molecule has 0 aliphatic carbocycles. The van der Waals surface area contributed by atoms with Crippen LogP contribution in [0.4, 0.5) is 4.79 Å². The Morgan fingerprint density at radius 3 is 2.20 bits per heavy atom. The van der Waals surface area contributed by atoms with Gasteiger partial charge in [0.05, 0.1) is 6.04 Å². The first-order valence-electron chi connectivity index (χ1n) is 13.9. The number of imide groups is 1. The molecule has 220 valence electrons. The zero-order chi connectivity index (χ0) is 29.3. The highest BCUT2D eigenvalue weighted by molar-refractivity contribution is 6.05. The molecule has 1 heterocycles. The summed E-state index contributed by atoms with van der Waals surface area (Å²) in [7, 11) is 1.17. The third-order valence-electron chi connectivity index (χ3n) is 6.62. The lowest BCUT2D eigenvalue weighted by atomic mass is 10.0. The minimum atomic E-state index is -1.68. The smallest absolute Gasteiger partial charge is 0.417 e. The van der Waals surface area contributed by atoms with Crippen molar-refractivity contribution in [1.29, 1.82) is 0 Å². The van der Waals surface area contributed by atoms with Gasteiger partial charge in [-0.2, -0.15) is 0 Å². The van der Waals surface area contributed by atoms with Crippen molar-refractivity contribution >= 4 is 29.5 Å². The summed E-state index contributed by atoms with van der Waals surface area (Å²) < 4.78 is 15.5. The molecule has 40 heavy (non-hydrogen) atoms. The van der Waals surface area contributed by atoms with Gasteiger partial charge >= 0.3 is 12.1 Å². The average molecular weight is 560 g/mol. The number of rotatable bonds is 19. The Balaban J connectivity index is 1.97. The molecule has 0 radical (unpaired) electrons. The number of ether oxygens (including phenoxy) is 3. The standard InChI is InChI=1S/C30H41NO9/c1-22(33)40-27(26(35)18-17-25(34)16-12-7-5-3-4-6-8-13-19-32)28(38-2)29(36)31-24(21-39-30(31)37)20-23-14-10-9-11-15-23/h9-11,14-15,17-18,24,27-28,32H,3-8,12-13,16,19-21H2,1-2H3/t24-,27+,28-/m0/s1. The van der Waals surface area contributed by atoms with Crippen LogP contribution in [0.1, 0.15) is 70.3 Å². The monoisotopic (exact) mass is 559 g/mol. The van der Waals surface area contributed by atoms with Crippen LogP contribution >= 0.6 is 0 Å². The maximum absolute atomic E-state index is 13.4. The number of benzene rings is 1. The Labute approximate surface area is 235 Å². The Bertz CT molecular complexity index is 1010. The second-order valence-electron chi connectivity index (χ2n) is 9.82.